The van der Waals surface area contributed by atoms with Crippen LogP contribution in [-0.2, 0) is 0 Å². The molecule has 0 aliphatic carbocycles. The van der Waals surface area contributed by atoms with Crippen LogP contribution in [0.3, 0.4) is 0 Å². The van der Waals surface area contributed by atoms with Gasteiger partial charge in [0.05, 0.1) is 0 Å². The van der Waals surface area contributed by atoms with E-state index in [1.807, 2.05) is 6.92 Å². The van der Waals surface area contributed by atoms with Crippen molar-refractivity contribution in [3.63, 3.8) is 0 Å². The molecule has 9 heavy (non-hydrogen) atoms. The van der Waals surface area contributed by atoms with Crippen molar-refractivity contribution in [2.45, 2.75) is 25.8 Å². The van der Waals surface area contributed by atoms with Crippen LogP contribution < -0.4 is 16.8 Å². The number of nitrogens with one attached hydrogen (secondary N) is 1. The fourth-order valence-electron chi connectivity index (χ4n) is 0.651. The SMILES string of the molecule is C[C@@H](N)CCCNCN. The lowest BCUT2D eigenvalue weighted by molar-refractivity contribution is 0.580. The molecule has 0 aromatic heterocycles. The Kier molecular flexibility index (Phi) is 5.93. The van der Waals surface area contributed by atoms with E-state index in [1.54, 1.807) is 0 Å². The normalized spacial score (nSPS) is 13.7. The second-order valence-corrected chi connectivity index (χ2v) is 2.32. The zero-order valence-corrected chi connectivity index (χ0v) is 6.06. The van der Waals surface area contributed by atoms with Gasteiger partial charge in [0, 0.05) is 12.7 Å². The summed E-state index contributed by atoms with van der Waals surface area (Å²) in [5.74, 6) is 0. The second-order valence-electron chi connectivity index (χ2n) is 2.32. The van der Waals surface area contributed by atoms with Gasteiger partial charge in [-0.3, -0.25) is 0 Å². The van der Waals surface area contributed by atoms with Gasteiger partial charge < -0.3 is 16.8 Å². The fraction of sp³-hybridized carbons (Fsp3) is 1.00. The van der Waals surface area contributed by atoms with E-state index in [-0.39, 0.29) is 0 Å². The zero-order chi connectivity index (χ0) is 7.11. The molecular formula is C6H17N3. The summed E-state index contributed by atoms with van der Waals surface area (Å²) in [7, 11) is 0. The van der Waals surface area contributed by atoms with E-state index in [0.29, 0.717) is 12.7 Å². The number of nitrogens with two attached hydrogens (primary N) is 2. The monoisotopic (exact) mass is 131 g/mol. The van der Waals surface area contributed by atoms with Gasteiger partial charge in [-0.05, 0) is 26.3 Å². The highest BCUT2D eigenvalue weighted by atomic mass is 14.9. The predicted molar refractivity (Wildman–Crippen MR) is 39.9 cm³/mol. The van der Waals surface area contributed by atoms with E-state index in [0.717, 1.165) is 19.4 Å². The third kappa shape index (κ3) is 7.88. The molecule has 3 nitrogen and oxygen atoms in total. The van der Waals surface area contributed by atoms with E-state index in [9.17, 15) is 0 Å². The summed E-state index contributed by atoms with van der Waals surface area (Å²) in [6, 6.07) is 0.324. The molecule has 0 fully saturated rings. The summed E-state index contributed by atoms with van der Waals surface area (Å²) in [5, 5.41) is 3.03. The molecule has 1 atom stereocenters. The van der Waals surface area contributed by atoms with Gasteiger partial charge in [0.1, 0.15) is 0 Å². The number of rotatable bonds is 5. The Morgan fingerprint density at radius 1 is 1.56 bits per heavy atom. The largest absolute Gasteiger partial charge is 0.328 e. The van der Waals surface area contributed by atoms with Crippen molar-refractivity contribution in [1.29, 1.82) is 0 Å². The van der Waals surface area contributed by atoms with Crippen molar-refractivity contribution < 1.29 is 0 Å². The molecule has 0 saturated heterocycles. The average molecular weight is 131 g/mol. The Morgan fingerprint density at radius 2 is 2.22 bits per heavy atom. The first-order valence-corrected chi connectivity index (χ1v) is 3.43. The van der Waals surface area contributed by atoms with Crippen molar-refractivity contribution in [1.82, 2.24) is 5.32 Å². The predicted octanol–water partition coefficient (Wildman–Crippen LogP) is -0.380. The van der Waals surface area contributed by atoms with Crippen molar-refractivity contribution in [3.05, 3.63) is 0 Å². The van der Waals surface area contributed by atoms with Crippen LogP contribution in [0.15, 0.2) is 0 Å². The smallest absolute Gasteiger partial charge is 0.0428 e. The molecule has 0 radical (unpaired) electrons. The van der Waals surface area contributed by atoms with Gasteiger partial charge in [-0.1, -0.05) is 0 Å². The lowest BCUT2D eigenvalue weighted by Gasteiger charge is -2.03. The molecule has 0 heterocycles. The first-order chi connectivity index (χ1) is 4.27. The quantitative estimate of drug-likeness (QED) is 0.352. The Balaban J connectivity index is 2.75. The van der Waals surface area contributed by atoms with Gasteiger partial charge in [-0.15, -0.1) is 0 Å². The van der Waals surface area contributed by atoms with Crippen molar-refractivity contribution >= 4 is 0 Å². The maximum absolute atomic E-state index is 5.52. The van der Waals surface area contributed by atoms with Crippen molar-refractivity contribution in [2.75, 3.05) is 13.2 Å². The fourth-order valence-corrected chi connectivity index (χ4v) is 0.651. The highest BCUT2D eigenvalue weighted by Crippen LogP contribution is 1.89. The third-order valence-corrected chi connectivity index (χ3v) is 1.16. The summed E-state index contributed by atoms with van der Waals surface area (Å²) < 4.78 is 0. The van der Waals surface area contributed by atoms with Crippen LogP contribution in [-0.4, -0.2) is 19.3 Å². The lowest BCUT2D eigenvalue weighted by atomic mass is 10.2. The first-order valence-electron chi connectivity index (χ1n) is 3.43. The van der Waals surface area contributed by atoms with E-state index in [1.165, 1.54) is 0 Å². The molecule has 0 rings (SSSR count). The van der Waals surface area contributed by atoms with Crippen LogP contribution in [0, 0.1) is 0 Å². The Morgan fingerprint density at radius 3 is 2.67 bits per heavy atom. The van der Waals surface area contributed by atoms with E-state index < -0.39 is 0 Å². The third-order valence-electron chi connectivity index (χ3n) is 1.16. The second kappa shape index (κ2) is 6.01. The Hall–Kier alpha value is -0.120. The highest BCUT2D eigenvalue weighted by Gasteiger charge is 1.91. The maximum atomic E-state index is 5.52. The molecule has 0 aliphatic heterocycles. The molecule has 0 spiro atoms. The maximum Gasteiger partial charge on any atom is 0.0428 e. The molecule has 0 amide bonds. The van der Waals surface area contributed by atoms with Gasteiger partial charge in [0.2, 0.25) is 0 Å². The molecule has 3 heteroatoms. The van der Waals surface area contributed by atoms with E-state index in [2.05, 4.69) is 5.32 Å². The molecule has 0 bridgehead atoms. The minimum absolute atomic E-state index is 0.324. The molecule has 56 valence electrons. The van der Waals surface area contributed by atoms with Gasteiger partial charge in [0.25, 0.3) is 0 Å². The van der Waals surface area contributed by atoms with Gasteiger partial charge >= 0.3 is 0 Å². The Bertz CT molecular complexity index is 54.3. The van der Waals surface area contributed by atoms with Crippen LogP contribution >= 0.6 is 0 Å². The molecule has 0 saturated carbocycles. The molecule has 0 unspecified atom stereocenters. The zero-order valence-electron chi connectivity index (χ0n) is 6.06. The van der Waals surface area contributed by atoms with E-state index in [4.69, 9.17) is 11.5 Å². The van der Waals surface area contributed by atoms with Gasteiger partial charge in [-0.2, -0.15) is 0 Å². The van der Waals surface area contributed by atoms with E-state index >= 15 is 0 Å². The number of hydrogen-bond acceptors (Lipinski definition) is 3. The van der Waals surface area contributed by atoms with Crippen molar-refractivity contribution in [3.8, 4) is 0 Å². The first kappa shape index (κ1) is 8.88. The minimum atomic E-state index is 0.324. The Labute approximate surface area is 56.8 Å². The topological polar surface area (TPSA) is 64.1 Å². The van der Waals surface area contributed by atoms with Crippen LogP contribution in [0.2, 0.25) is 0 Å². The standard InChI is InChI=1S/C6H17N3/c1-6(8)3-2-4-9-5-7/h6,9H,2-5,7-8H2,1H3/t6-/m1/s1. The van der Waals surface area contributed by atoms with Crippen LogP contribution in [0.5, 0.6) is 0 Å². The van der Waals surface area contributed by atoms with Crippen LogP contribution in [0.1, 0.15) is 19.8 Å². The lowest BCUT2D eigenvalue weighted by Crippen LogP contribution is -2.25. The highest BCUT2D eigenvalue weighted by molar-refractivity contribution is 4.53. The minimum Gasteiger partial charge on any atom is -0.328 e. The summed E-state index contributed by atoms with van der Waals surface area (Å²) in [6.07, 6.45) is 2.20. The molecule has 0 aliphatic rings. The summed E-state index contributed by atoms with van der Waals surface area (Å²) in [4.78, 5) is 0. The summed E-state index contributed by atoms with van der Waals surface area (Å²) >= 11 is 0. The van der Waals surface area contributed by atoms with Crippen molar-refractivity contribution in [2.24, 2.45) is 11.5 Å². The van der Waals surface area contributed by atoms with Gasteiger partial charge in [0.15, 0.2) is 0 Å². The van der Waals surface area contributed by atoms with Crippen LogP contribution in [0.4, 0.5) is 0 Å². The number of hydrogen-bond donors (Lipinski definition) is 3. The molecule has 0 aromatic rings. The summed E-state index contributed by atoms with van der Waals surface area (Å²) in [5.41, 5.74) is 10.7. The average Bonchev–Trinajstić information content (AvgIpc) is 1.80. The van der Waals surface area contributed by atoms with Crippen LogP contribution in [0.25, 0.3) is 0 Å². The molecule has 5 N–H and O–H groups in total. The molecule has 0 aromatic carbocycles. The summed E-state index contributed by atoms with van der Waals surface area (Å²) in [6.45, 7) is 3.57. The van der Waals surface area contributed by atoms with Gasteiger partial charge in [-0.25, -0.2) is 0 Å². The molecular weight excluding hydrogens is 114 g/mol.